The Kier molecular flexibility index (Phi) is 73.4. The van der Waals surface area contributed by atoms with Crippen LogP contribution in [0.4, 0.5) is 0 Å². The Balaban J connectivity index is 3.41. The number of esters is 1. The lowest BCUT2D eigenvalue weighted by atomic mass is 10.0. The van der Waals surface area contributed by atoms with E-state index in [-0.39, 0.29) is 18.5 Å². The number of hydrogen-bond donors (Lipinski definition) is 3. The summed E-state index contributed by atoms with van der Waals surface area (Å²) >= 11 is 0. The third kappa shape index (κ3) is 70.9. The number of aliphatic hydroxyl groups excluding tert-OH is 2. The molecule has 3 N–H and O–H groups in total. The third-order valence-corrected chi connectivity index (χ3v) is 18.1. The van der Waals surface area contributed by atoms with Gasteiger partial charge in [0.25, 0.3) is 0 Å². The predicted molar refractivity (Wildman–Crippen MR) is 379 cm³/mol. The van der Waals surface area contributed by atoms with E-state index in [4.69, 9.17) is 4.74 Å². The van der Waals surface area contributed by atoms with Crippen LogP contribution in [0.2, 0.25) is 0 Å². The van der Waals surface area contributed by atoms with Gasteiger partial charge in [-0.25, -0.2) is 0 Å². The number of hydrogen-bond acceptors (Lipinski definition) is 5. The molecule has 0 aliphatic carbocycles. The van der Waals surface area contributed by atoms with Crippen molar-refractivity contribution in [3.8, 4) is 0 Å². The van der Waals surface area contributed by atoms with Crippen LogP contribution in [0, 0.1) is 0 Å². The molecule has 0 heterocycles. The van der Waals surface area contributed by atoms with E-state index >= 15 is 0 Å². The van der Waals surface area contributed by atoms with Crippen molar-refractivity contribution in [2.45, 2.75) is 437 Å². The van der Waals surface area contributed by atoms with Crippen molar-refractivity contribution in [3.63, 3.8) is 0 Å². The highest BCUT2D eigenvalue weighted by Gasteiger charge is 2.18. The van der Waals surface area contributed by atoms with Crippen LogP contribution in [0.15, 0.2) is 48.6 Å². The Labute approximate surface area is 537 Å². The zero-order valence-corrected chi connectivity index (χ0v) is 58.1. The molecular weight excluding hydrogens is 1050 g/mol. The summed E-state index contributed by atoms with van der Waals surface area (Å²) in [6.45, 7) is 4.94. The first kappa shape index (κ1) is 83.8. The van der Waals surface area contributed by atoms with Crippen LogP contribution in [-0.4, -0.2) is 47.4 Å². The molecule has 0 aromatic rings. The van der Waals surface area contributed by atoms with Crippen molar-refractivity contribution < 1.29 is 24.5 Å². The maximum absolute atomic E-state index is 12.5. The molecule has 0 saturated carbocycles. The molecule has 0 fully saturated rings. The largest absolute Gasteiger partial charge is 0.466 e. The molecule has 2 atom stereocenters. The molecule has 0 bridgehead atoms. The zero-order valence-electron chi connectivity index (χ0n) is 58.1. The number of aliphatic hydroxyl groups is 2. The summed E-state index contributed by atoms with van der Waals surface area (Å²) < 4.78 is 5.50. The van der Waals surface area contributed by atoms with Crippen LogP contribution in [0.5, 0.6) is 0 Å². The second kappa shape index (κ2) is 75.3. The highest BCUT2D eigenvalue weighted by Crippen LogP contribution is 2.19. The molecule has 0 rings (SSSR count). The first-order valence-corrected chi connectivity index (χ1v) is 38.9. The lowest BCUT2D eigenvalue weighted by molar-refractivity contribution is -0.143. The Morgan fingerprint density at radius 2 is 0.581 bits per heavy atom. The van der Waals surface area contributed by atoms with Gasteiger partial charge in [-0.1, -0.05) is 371 Å². The predicted octanol–water partition coefficient (Wildman–Crippen LogP) is 25.6. The molecule has 1 amide bonds. The van der Waals surface area contributed by atoms with Gasteiger partial charge in [0.2, 0.25) is 5.91 Å². The summed E-state index contributed by atoms with van der Waals surface area (Å²) in [5.41, 5.74) is 0. The summed E-state index contributed by atoms with van der Waals surface area (Å²) in [4.78, 5) is 24.6. The van der Waals surface area contributed by atoms with Crippen LogP contribution in [0.1, 0.15) is 425 Å². The van der Waals surface area contributed by atoms with E-state index < -0.39 is 12.1 Å². The van der Waals surface area contributed by atoms with Crippen molar-refractivity contribution in [2.24, 2.45) is 0 Å². The van der Waals surface area contributed by atoms with Gasteiger partial charge in [-0.2, -0.15) is 0 Å². The molecule has 0 spiro atoms. The molecular formula is C80H151NO5. The van der Waals surface area contributed by atoms with E-state index in [0.717, 1.165) is 51.4 Å². The highest BCUT2D eigenvalue weighted by molar-refractivity contribution is 5.76. The second-order valence-corrected chi connectivity index (χ2v) is 26.7. The molecule has 0 radical (unpaired) electrons. The molecule has 0 aliphatic heterocycles. The van der Waals surface area contributed by atoms with Crippen LogP contribution in [-0.2, 0) is 14.3 Å². The van der Waals surface area contributed by atoms with Gasteiger partial charge in [0, 0.05) is 12.8 Å². The Morgan fingerprint density at radius 1 is 0.326 bits per heavy atom. The van der Waals surface area contributed by atoms with Crippen molar-refractivity contribution in [2.75, 3.05) is 13.2 Å². The maximum Gasteiger partial charge on any atom is 0.305 e. The van der Waals surface area contributed by atoms with E-state index in [9.17, 15) is 19.8 Å². The van der Waals surface area contributed by atoms with Gasteiger partial charge >= 0.3 is 5.97 Å². The van der Waals surface area contributed by atoms with Gasteiger partial charge < -0.3 is 20.3 Å². The topological polar surface area (TPSA) is 95.9 Å². The average molecular weight is 1210 g/mol. The number of ether oxygens (including phenoxy) is 1. The molecule has 0 aromatic heterocycles. The van der Waals surface area contributed by atoms with Gasteiger partial charge in [0.15, 0.2) is 0 Å². The molecule has 2 unspecified atom stereocenters. The number of carbonyl (C=O) groups excluding carboxylic acids is 2. The minimum Gasteiger partial charge on any atom is -0.466 e. The molecule has 86 heavy (non-hydrogen) atoms. The fourth-order valence-corrected chi connectivity index (χ4v) is 12.1. The Morgan fingerprint density at radius 3 is 0.895 bits per heavy atom. The van der Waals surface area contributed by atoms with E-state index in [0.29, 0.717) is 19.4 Å². The number of allylic oxidation sites excluding steroid dienone is 7. The van der Waals surface area contributed by atoms with Crippen molar-refractivity contribution in [3.05, 3.63) is 48.6 Å². The van der Waals surface area contributed by atoms with Crippen LogP contribution in [0.25, 0.3) is 0 Å². The molecule has 6 nitrogen and oxygen atoms in total. The summed E-state index contributed by atoms with van der Waals surface area (Å²) in [5.74, 6) is -0.0535. The summed E-state index contributed by atoms with van der Waals surface area (Å²) in [6, 6.07) is -0.629. The lowest BCUT2D eigenvalue weighted by Crippen LogP contribution is -2.45. The first-order chi connectivity index (χ1) is 42.5. The average Bonchev–Trinajstić information content (AvgIpc) is 3.53. The highest BCUT2D eigenvalue weighted by atomic mass is 16.5. The quantitative estimate of drug-likeness (QED) is 0.0320. The number of amides is 1. The van der Waals surface area contributed by atoms with E-state index in [1.807, 2.05) is 6.08 Å². The smallest absolute Gasteiger partial charge is 0.305 e. The van der Waals surface area contributed by atoms with Crippen LogP contribution >= 0.6 is 0 Å². The van der Waals surface area contributed by atoms with Gasteiger partial charge in [0.05, 0.1) is 25.4 Å². The Bertz CT molecular complexity index is 1440. The SMILES string of the molecule is CCCCCCCC/C=C\CCCCCCCCCC(=O)OCCCCCCCCCCC/C=C\C/C=C\CCCCCCCCCCCCCCCCCC(=O)NC(CO)C(O)/C=C/CCCCCCCCCCCCCCCCCCCCC. The van der Waals surface area contributed by atoms with Crippen molar-refractivity contribution in [1.29, 1.82) is 0 Å². The van der Waals surface area contributed by atoms with Crippen LogP contribution < -0.4 is 5.32 Å². The summed E-state index contributed by atoms with van der Waals surface area (Å²) in [5, 5.41) is 23.3. The Hall–Kier alpha value is -2.18. The molecule has 506 valence electrons. The molecule has 0 saturated heterocycles. The van der Waals surface area contributed by atoms with E-state index in [1.54, 1.807) is 6.08 Å². The molecule has 0 aliphatic rings. The zero-order chi connectivity index (χ0) is 62.0. The van der Waals surface area contributed by atoms with E-state index in [1.165, 1.54) is 347 Å². The van der Waals surface area contributed by atoms with Crippen molar-refractivity contribution in [1.82, 2.24) is 5.32 Å². The van der Waals surface area contributed by atoms with Gasteiger partial charge in [0.1, 0.15) is 0 Å². The maximum atomic E-state index is 12.5. The standard InChI is InChI=1S/C80H151NO5/c1-3-5-7-9-11-13-15-17-19-21-22-34-37-41-44-48-52-56-60-64-68-72-78(83)77(76-82)81-79(84)73-69-65-61-57-53-49-45-42-38-35-32-30-28-26-24-23-25-27-29-31-33-36-39-43-47-51-55-59-63-67-71-75-86-80(85)74-70-66-62-58-54-50-46-40-20-18-16-14-12-10-8-6-4-2/h18,20,25,27,31,33,68,72,77-78,82-83H,3-17,19,21-24,26,28-30,32,34-67,69-71,73-76H2,1-2H3,(H,81,84)/b20-18-,27-25-,33-31-,72-68+. The summed E-state index contributed by atoms with van der Waals surface area (Å²) in [7, 11) is 0. The third-order valence-electron chi connectivity index (χ3n) is 18.1. The van der Waals surface area contributed by atoms with E-state index in [2.05, 4.69) is 55.6 Å². The van der Waals surface area contributed by atoms with Gasteiger partial charge in [-0.15, -0.1) is 0 Å². The molecule has 0 aromatic carbocycles. The first-order valence-electron chi connectivity index (χ1n) is 38.9. The lowest BCUT2D eigenvalue weighted by Gasteiger charge is -2.20. The van der Waals surface area contributed by atoms with Gasteiger partial charge in [-0.05, 0) is 89.9 Å². The van der Waals surface area contributed by atoms with Crippen molar-refractivity contribution >= 4 is 11.9 Å². The number of carbonyl (C=O) groups is 2. The monoisotopic (exact) mass is 1210 g/mol. The second-order valence-electron chi connectivity index (χ2n) is 26.7. The fraction of sp³-hybridized carbons (Fsp3) is 0.875. The number of unbranched alkanes of at least 4 members (excludes halogenated alkanes) is 56. The molecule has 6 heteroatoms. The number of rotatable bonds is 73. The van der Waals surface area contributed by atoms with Gasteiger partial charge in [-0.3, -0.25) is 9.59 Å². The number of nitrogens with one attached hydrogen (secondary N) is 1. The summed E-state index contributed by atoms with van der Waals surface area (Å²) in [6.07, 6.45) is 99.3. The minimum absolute atomic E-state index is 0.0100. The normalized spacial score (nSPS) is 12.7. The fourth-order valence-electron chi connectivity index (χ4n) is 12.1. The minimum atomic E-state index is -0.846. The van der Waals surface area contributed by atoms with Crippen LogP contribution in [0.3, 0.4) is 0 Å².